The predicted octanol–water partition coefficient (Wildman–Crippen LogP) is 2.12. The first kappa shape index (κ1) is 13.7. The number of nitrogens with one attached hydrogen (secondary N) is 1. The van der Waals surface area contributed by atoms with Gasteiger partial charge < -0.3 is 4.74 Å². The molecule has 0 aliphatic carbocycles. The molecule has 94 valence electrons. The maximum atomic E-state index is 11.6. The second-order valence-corrected chi connectivity index (χ2v) is 4.05. The van der Waals surface area contributed by atoms with Gasteiger partial charge in [-0.1, -0.05) is 26.0 Å². The quantitative estimate of drug-likeness (QED) is 0.609. The molecule has 4 nitrogen and oxygen atoms in total. The smallest absolute Gasteiger partial charge is 0.274 e. The molecule has 0 bridgehead atoms. The van der Waals surface area contributed by atoms with Gasteiger partial charge in [0.15, 0.2) is 0 Å². The van der Waals surface area contributed by atoms with Crippen LogP contribution in [0.5, 0.6) is 0 Å². The van der Waals surface area contributed by atoms with Crippen molar-refractivity contribution < 1.29 is 14.4 Å². The summed E-state index contributed by atoms with van der Waals surface area (Å²) in [5.74, 6) is 0.224. The van der Waals surface area contributed by atoms with Crippen molar-refractivity contribution in [2.45, 2.75) is 19.8 Å². The summed E-state index contributed by atoms with van der Waals surface area (Å²) in [5, 5.41) is 0. The summed E-state index contributed by atoms with van der Waals surface area (Å²) in [4.78, 5) is 16.6. The molecule has 1 amide bonds. The monoisotopic (exact) mass is 237 g/mol. The third kappa shape index (κ3) is 4.54. The van der Waals surface area contributed by atoms with Crippen molar-refractivity contribution in [3.05, 3.63) is 35.4 Å². The average Bonchev–Trinajstić information content (AvgIpc) is 2.34. The van der Waals surface area contributed by atoms with Crippen LogP contribution in [0.3, 0.4) is 0 Å². The zero-order valence-electron chi connectivity index (χ0n) is 10.5. The topological polar surface area (TPSA) is 47.6 Å². The molecule has 0 spiro atoms. The number of hydrogen-bond acceptors (Lipinski definition) is 3. The summed E-state index contributed by atoms with van der Waals surface area (Å²) in [7, 11) is 1.58. The van der Waals surface area contributed by atoms with Crippen molar-refractivity contribution >= 4 is 5.91 Å². The Morgan fingerprint density at radius 3 is 2.41 bits per heavy atom. The van der Waals surface area contributed by atoms with Crippen LogP contribution in [0, 0.1) is 0 Å². The molecule has 0 aromatic heterocycles. The van der Waals surface area contributed by atoms with E-state index < -0.39 is 0 Å². The van der Waals surface area contributed by atoms with Crippen LogP contribution in [-0.4, -0.2) is 26.2 Å². The highest BCUT2D eigenvalue weighted by Crippen LogP contribution is 2.14. The van der Waals surface area contributed by atoms with Crippen LogP contribution in [0.15, 0.2) is 24.3 Å². The number of hydrogen-bond donors (Lipinski definition) is 1. The van der Waals surface area contributed by atoms with Gasteiger partial charge in [-0.05, 0) is 23.6 Å². The molecule has 0 radical (unpaired) electrons. The molecule has 0 fully saturated rings. The predicted molar refractivity (Wildman–Crippen MR) is 65.8 cm³/mol. The molecule has 0 heterocycles. The van der Waals surface area contributed by atoms with E-state index >= 15 is 0 Å². The van der Waals surface area contributed by atoms with Gasteiger partial charge in [0, 0.05) is 12.7 Å². The first-order valence-corrected chi connectivity index (χ1v) is 5.66. The van der Waals surface area contributed by atoms with Gasteiger partial charge in [-0.25, -0.2) is 5.48 Å². The molecule has 1 rings (SSSR count). The van der Waals surface area contributed by atoms with E-state index in [1.807, 2.05) is 12.1 Å². The second-order valence-electron chi connectivity index (χ2n) is 4.05. The van der Waals surface area contributed by atoms with Crippen LogP contribution in [0.1, 0.15) is 35.7 Å². The summed E-state index contributed by atoms with van der Waals surface area (Å²) in [5.41, 5.74) is 4.16. The van der Waals surface area contributed by atoms with E-state index in [-0.39, 0.29) is 5.91 Å². The lowest BCUT2D eigenvalue weighted by atomic mass is 10.0. The Morgan fingerprint density at radius 2 is 1.88 bits per heavy atom. The summed E-state index contributed by atoms with van der Waals surface area (Å²) < 4.78 is 4.80. The first-order valence-electron chi connectivity index (χ1n) is 5.66. The molecular weight excluding hydrogens is 218 g/mol. The lowest BCUT2D eigenvalue weighted by Gasteiger charge is -2.07. The van der Waals surface area contributed by atoms with Crippen molar-refractivity contribution in [2.24, 2.45) is 0 Å². The maximum absolute atomic E-state index is 11.6. The Balaban J connectivity index is 2.46. The van der Waals surface area contributed by atoms with Gasteiger partial charge >= 0.3 is 0 Å². The van der Waals surface area contributed by atoms with Crippen molar-refractivity contribution in [2.75, 3.05) is 20.3 Å². The Labute approximate surface area is 102 Å². The minimum absolute atomic E-state index is 0.239. The SMILES string of the molecule is COCCONC(=O)c1ccc(C(C)C)cc1. The number of methoxy groups -OCH3 is 1. The Kier molecular flexibility index (Phi) is 5.66. The van der Waals surface area contributed by atoms with Crippen LogP contribution in [0.2, 0.25) is 0 Å². The van der Waals surface area contributed by atoms with Crippen molar-refractivity contribution in [3.8, 4) is 0 Å². The van der Waals surface area contributed by atoms with Gasteiger partial charge in [0.2, 0.25) is 0 Å². The van der Waals surface area contributed by atoms with E-state index in [1.54, 1.807) is 19.2 Å². The minimum Gasteiger partial charge on any atom is -0.382 e. The third-order valence-corrected chi connectivity index (χ3v) is 2.39. The Morgan fingerprint density at radius 1 is 1.24 bits per heavy atom. The van der Waals surface area contributed by atoms with E-state index in [0.29, 0.717) is 24.7 Å². The van der Waals surface area contributed by atoms with Crippen LogP contribution in [-0.2, 0) is 9.57 Å². The van der Waals surface area contributed by atoms with Gasteiger partial charge in [0.25, 0.3) is 5.91 Å². The van der Waals surface area contributed by atoms with E-state index in [1.165, 1.54) is 5.56 Å². The van der Waals surface area contributed by atoms with Crippen molar-refractivity contribution in [1.82, 2.24) is 5.48 Å². The molecule has 0 atom stereocenters. The number of amides is 1. The number of carbonyl (C=O) groups excluding carboxylic acids is 1. The van der Waals surface area contributed by atoms with E-state index in [4.69, 9.17) is 9.57 Å². The van der Waals surface area contributed by atoms with E-state index in [0.717, 1.165) is 0 Å². The van der Waals surface area contributed by atoms with E-state index in [2.05, 4.69) is 19.3 Å². The number of carbonyl (C=O) groups is 1. The Hall–Kier alpha value is -1.39. The standard InChI is InChI=1S/C13H19NO3/c1-10(2)11-4-6-12(7-5-11)13(15)14-17-9-8-16-3/h4-7,10H,8-9H2,1-3H3,(H,14,15). The normalized spacial score (nSPS) is 10.6. The van der Waals surface area contributed by atoms with Crippen LogP contribution >= 0.6 is 0 Å². The third-order valence-electron chi connectivity index (χ3n) is 2.39. The fraction of sp³-hybridized carbons (Fsp3) is 0.462. The highest BCUT2D eigenvalue weighted by Gasteiger charge is 2.06. The molecule has 1 aromatic rings. The summed E-state index contributed by atoms with van der Waals surface area (Å²) in [6, 6.07) is 7.50. The Bertz CT molecular complexity index is 346. The number of benzene rings is 1. The molecule has 4 heteroatoms. The number of rotatable bonds is 6. The molecule has 0 saturated carbocycles. The molecule has 0 aliphatic heterocycles. The van der Waals surface area contributed by atoms with E-state index in [9.17, 15) is 4.79 Å². The number of hydroxylamine groups is 1. The number of ether oxygens (including phenoxy) is 1. The van der Waals surface area contributed by atoms with Gasteiger partial charge in [-0.2, -0.15) is 0 Å². The lowest BCUT2D eigenvalue weighted by Crippen LogP contribution is -2.25. The van der Waals surface area contributed by atoms with Crippen LogP contribution in [0.25, 0.3) is 0 Å². The molecular formula is C13H19NO3. The fourth-order valence-corrected chi connectivity index (χ4v) is 1.32. The zero-order valence-corrected chi connectivity index (χ0v) is 10.5. The molecule has 17 heavy (non-hydrogen) atoms. The first-order chi connectivity index (χ1) is 8.15. The fourth-order valence-electron chi connectivity index (χ4n) is 1.32. The average molecular weight is 237 g/mol. The van der Waals surface area contributed by atoms with Crippen molar-refractivity contribution in [3.63, 3.8) is 0 Å². The highest BCUT2D eigenvalue weighted by molar-refractivity contribution is 5.93. The van der Waals surface area contributed by atoms with Gasteiger partial charge in [0.05, 0.1) is 13.2 Å². The second kappa shape index (κ2) is 7.04. The van der Waals surface area contributed by atoms with Gasteiger partial charge in [-0.15, -0.1) is 0 Å². The highest BCUT2D eigenvalue weighted by atomic mass is 16.7. The molecule has 0 unspecified atom stereocenters. The molecule has 0 aliphatic rings. The minimum atomic E-state index is -0.239. The zero-order chi connectivity index (χ0) is 12.7. The van der Waals surface area contributed by atoms with Gasteiger partial charge in [-0.3, -0.25) is 9.63 Å². The maximum Gasteiger partial charge on any atom is 0.274 e. The van der Waals surface area contributed by atoms with Crippen molar-refractivity contribution in [1.29, 1.82) is 0 Å². The molecule has 1 aromatic carbocycles. The summed E-state index contributed by atoms with van der Waals surface area (Å²) in [6.07, 6.45) is 0. The molecule has 0 saturated heterocycles. The summed E-state index contributed by atoms with van der Waals surface area (Å²) in [6.45, 7) is 5.02. The van der Waals surface area contributed by atoms with Gasteiger partial charge in [0.1, 0.15) is 0 Å². The summed E-state index contributed by atoms with van der Waals surface area (Å²) >= 11 is 0. The largest absolute Gasteiger partial charge is 0.382 e. The lowest BCUT2D eigenvalue weighted by molar-refractivity contribution is 0.00889. The van der Waals surface area contributed by atoms with Crippen LogP contribution < -0.4 is 5.48 Å². The van der Waals surface area contributed by atoms with Crippen LogP contribution in [0.4, 0.5) is 0 Å². The molecule has 1 N–H and O–H groups in total.